The van der Waals surface area contributed by atoms with Crippen molar-refractivity contribution in [1.82, 2.24) is 4.98 Å². The molecule has 26 heavy (non-hydrogen) atoms. The van der Waals surface area contributed by atoms with Crippen LogP contribution in [-0.2, 0) is 0 Å². The lowest BCUT2D eigenvalue weighted by Crippen LogP contribution is -1.97. The minimum Gasteiger partial charge on any atom is -0.262 e. The van der Waals surface area contributed by atoms with Crippen LogP contribution in [-0.4, -0.2) is 10.7 Å². The zero-order chi connectivity index (χ0) is 18.4. The van der Waals surface area contributed by atoms with Crippen molar-refractivity contribution in [2.75, 3.05) is 0 Å². The Hall–Kier alpha value is -2.43. The molecule has 0 amide bonds. The van der Waals surface area contributed by atoms with Crippen molar-refractivity contribution in [2.24, 2.45) is 4.99 Å². The second-order valence-electron chi connectivity index (χ2n) is 5.60. The van der Waals surface area contributed by atoms with Crippen LogP contribution >= 0.6 is 23.4 Å². The van der Waals surface area contributed by atoms with Gasteiger partial charge >= 0.3 is 0 Å². The molecule has 0 bridgehead atoms. The number of allylic oxidation sites excluding steroid dienone is 1. The molecule has 0 atom stereocenters. The Morgan fingerprint density at radius 1 is 1.08 bits per heavy atom. The van der Waals surface area contributed by atoms with Crippen LogP contribution in [0.2, 0.25) is 5.02 Å². The molecule has 0 aliphatic carbocycles. The molecule has 0 unspecified atom stereocenters. The van der Waals surface area contributed by atoms with Crippen LogP contribution in [0.3, 0.4) is 0 Å². The van der Waals surface area contributed by atoms with Gasteiger partial charge in [-0.25, -0.2) is 9.38 Å². The first-order chi connectivity index (χ1) is 12.6. The molecular formula is C21H16ClFN2S. The van der Waals surface area contributed by atoms with Crippen molar-refractivity contribution in [2.45, 2.75) is 11.8 Å². The number of aliphatic imine (C=N–C) groups is 1. The van der Waals surface area contributed by atoms with Crippen LogP contribution < -0.4 is 0 Å². The molecule has 0 aliphatic heterocycles. The van der Waals surface area contributed by atoms with Crippen molar-refractivity contribution < 1.29 is 4.39 Å². The van der Waals surface area contributed by atoms with E-state index in [9.17, 15) is 4.39 Å². The van der Waals surface area contributed by atoms with Gasteiger partial charge in [-0.1, -0.05) is 41.1 Å². The molecule has 2 nitrogen and oxygen atoms in total. The second kappa shape index (κ2) is 8.79. The summed E-state index contributed by atoms with van der Waals surface area (Å²) >= 11 is 7.56. The van der Waals surface area contributed by atoms with Gasteiger partial charge in [-0.05, 0) is 60.9 Å². The Kier molecular flexibility index (Phi) is 6.21. The van der Waals surface area contributed by atoms with Gasteiger partial charge in [-0.2, -0.15) is 0 Å². The highest BCUT2D eigenvalue weighted by atomic mass is 35.5. The summed E-state index contributed by atoms with van der Waals surface area (Å²) in [6.45, 7) is 2.04. The quantitative estimate of drug-likeness (QED) is 0.366. The van der Waals surface area contributed by atoms with Gasteiger partial charge in [0.1, 0.15) is 5.82 Å². The van der Waals surface area contributed by atoms with Gasteiger partial charge in [0.2, 0.25) is 0 Å². The van der Waals surface area contributed by atoms with Crippen LogP contribution in [0.4, 0.5) is 10.1 Å². The molecule has 130 valence electrons. The Bertz CT molecular complexity index is 935. The maximum Gasteiger partial charge on any atom is 0.123 e. The fourth-order valence-corrected chi connectivity index (χ4v) is 3.02. The summed E-state index contributed by atoms with van der Waals surface area (Å²) in [6, 6.07) is 16.2. The van der Waals surface area contributed by atoms with Crippen molar-refractivity contribution in [3.8, 4) is 0 Å². The van der Waals surface area contributed by atoms with Crippen molar-refractivity contribution in [1.29, 1.82) is 0 Å². The summed E-state index contributed by atoms with van der Waals surface area (Å²) < 4.78 is 13.0. The topological polar surface area (TPSA) is 25.2 Å². The number of nitrogens with zero attached hydrogens (tertiary/aromatic N) is 2. The van der Waals surface area contributed by atoms with Crippen LogP contribution in [0, 0.1) is 12.7 Å². The number of pyridine rings is 1. The summed E-state index contributed by atoms with van der Waals surface area (Å²) in [6.07, 6.45) is 5.22. The molecule has 5 heteroatoms. The fraction of sp³-hybridized carbons (Fsp3) is 0.0476. The molecule has 3 aromatic rings. The molecule has 0 N–H and O–H groups in total. The van der Waals surface area contributed by atoms with E-state index in [0.717, 1.165) is 21.9 Å². The minimum absolute atomic E-state index is 0.245. The monoisotopic (exact) mass is 382 g/mol. The number of halogens is 2. The average Bonchev–Trinajstić information content (AvgIpc) is 2.64. The number of benzene rings is 2. The van der Waals surface area contributed by atoms with Gasteiger partial charge in [0.25, 0.3) is 0 Å². The normalized spacial score (nSPS) is 11.9. The summed E-state index contributed by atoms with van der Waals surface area (Å²) in [5.74, 6) is -0.245. The van der Waals surface area contributed by atoms with Gasteiger partial charge in [0.15, 0.2) is 0 Å². The molecule has 2 aromatic carbocycles. The van der Waals surface area contributed by atoms with Gasteiger partial charge in [-0.3, -0.25) is 4.98 Å². The molecule has 0 saturated heterocycles. The van der Waals surface area contributed by atoms with E-state index in [4.69, 9.17) is 16.6 Å². The number of hydrogen-bond acceptors (Lipinski definition) is 3. The number of aromatic nitrogens is 1. The molecule has 0 fully saturated rings. The molecule has 1 aromatic heterocycles. The third kappa shape index (κ3) is 5.28. The average molecular weight is 383 g/mol. The summed E-state index contributed by atoms with van der Waals surface area (Å²) in [5.41, 5.74) is 3.60. The number of rotatable bonds is 5. The molecule has 0 aliphatic rings. The first kappa shape index (κ1) is 18.4. The van der Waals surface area contributed by atoms with E-state index in [2.05, 4.69) is 4.98 Å². The maximum atomic E-state index is 13.0. The molecule has 3 rings (SSSR count). The lowest BCUT2D eigenvalue weighted by atomic mass is 10.1. The third-order valence-electron chi connectivity index (χ3n) is 3.53. The van der Waals surface area contributed by atoms with Gasteiger partial charge in [-0.15, -0.1) is 0 Å². The first-order valence-corrected chi connectivity index (χ1v) is 9.21. The highest BCUT2D eigenvalue weighted by molar-refractivity contribution is 8.02. The number of aryl methyl sites for hydroxylation is 1. The van der Waals surface area contributed by atoms with E-state index in [1.165, 1.54) is 29.5 Å². The van der Waals surface area contributed by atoms with Crippen LogP contribution in [0.5, 0.6) is 0 Å². The minimum atomic E-state index is -0.245. The lowest BCUT2D eigenvalue weighted by molar-refractivity contribution is 0.626. The molecule has 0 radical (unpaired) electrons. The van der Waals surface area contributed by atoms with Crippen molar-refractivity contribution in [3.05, 3.63) is 100 Å². The Morgan fingerprint density at radius 3 is 2.50 bits per heavy atom. The summed E-state index contributed by atoms with van der Waals surface area (Å²) in [4.78, 5) is 9.80. The largest absolute Gasteiger partial charge is 0.262 e. The lowest BCUT2D eigenvalue weighted by Gasteiger charge is -2.04. The van der Waals surface area contributed by atoms with E-state index in [0.29, 0.717) is 5.02 Å². The van der Waals surface area contributed by atoms with Gasteiger partial charge in [0, 0.05) is 22.9 Å². The van der Waals surface area contributed by atoms with E-state index in [-0.39, 0.29) is 5.82 Å². The zero-order valence-corrected chi connectivity index (χ0v) is 15.6. The highest BCUT2D eigenvalue weighted by Crippen LogP contribution is 2.21. The van der Waals surface area contributed by atoms with E-state index in [1.807, 2.05) is 48.7 Å². The summed E-state index contributed by atoms with van der Waals surface area (Å²) in [5, 5.41) is 2.47. The molecule has 0 saturated carbocycles. The van der Waals surface area contributed by atoms with Crippen LogP contribution in [0.15, 0.2) is 88.4 Å². The maximum absolute atomic E-state index is 13.0. The fourth-order valence-electron chi connectivity index (χ4n) is 2.20. The van der Waals surface area contributed by atoms with E-state index in [1.54, 1.807) is 24.5 Å². The Balaban J connectivity index is 1.88. The highest BCUT2D eigenvalue weighted by Gasteiger charge is 2.03. The standard InChI is InChI=1S/C21H16ClFN2S/c1-15-2-6-19(7-3-15)25-21(16-12-17(22)14-24-13-16)10-11-26-20-8-4-18(23)5-9-20/h2-14H,1H3. The van der Waals surface area contributed by atoms with E-state index < -0.39 is 0 Å². The molecule has 0 spiro atoms. The number of thioether (sulfide) groups is 1. The third-order valence-corrected chi connectivity index (χ3v) is 4.55. The summed E-state index contributed by atoms with van der Waals surface area (Å²) in [7, 11) is 0. The predicted molar refractivity (Wildman–Crippen MR) is 108 cm³/mol. The van der Waals surface area contributed by atoms with Gasteiger partial charge in [0.05, 0.1) is 16.4 Å². The predicted octanol–water partition coefficient (Wildman–Crippen LogP) is 6.61. The number of hydrogen-bond donors (Lipinski definition) is 0. The molecular weight excluding hydrogens is 367 g/mol. The zero-order valence-electron chi connectivity index (χ0n) is 14.1. The molecule has 1 heterocycles. The van der Waals surface area contributed by atoms with Crippen molar-refractivity contribution in [3.63, 3.8) is 0 Å². The van der Waals surface area contributed by atoms with E-state index >= 15 is 0 Å². The Morgan fingerprint density at radius 2 is 1.81 bits per heavy atom. The SMILES string of the molecule is Cc1ccc(N=C(C=CSc2ccc(F)cc2)c2cncc(Cl)c2)cc1. The van der Waals surface area contributed by atoms with Crippen LogP contribution in [0.1, 0.15) is 11.1 Å². The van der Waals surface area contributed by atoms with Gasteiger partial charge < -0.3 is 0 Å². The first-order valence-electron chi connectivity index (χ1n) is 7.95. The second-order valence-corrected chi connectivity index (χ2v) is 7.01. The Labute approximate surface area is 161 Å². The smallest absolute Gasteiger partial charge is 0.123 e. The van der Waals surface area contributed by atoms with Crippen LogP contribution in [0.25, 0.3) is 0 Å². The van der Waals surface area contributed by atoms with Crippen molar-refractivity contribution >= 4 is 34.8 Å².